The van der Waals surface area contributed by atoms with Crippen LogP contribution < -0.4 is 4.74 Å². The van der Waals surface area contributed by atoms with Crippen molar-refractivity contribution < 1.29 is 4.74 Å². The van der Waals surface area contributed by atoms with Crippen LogP contribution in [0.25, 0.3) is 33.3 Å². The van der Waals surface area contributed by atoms with E-state index in [9.17, 15) is 0 Å². The Morgan fingerprint density at radius 2 is 1.74 bits per heavy atom. The van der Waals surface area contributed by atoms with E-state index in [1.165, 1.54) is 12.8 Å². The van der Waals surface area contributed by atoms with Crippen LogP contribution in [0.4, 0.5) is 0 Å². The van der Waals surface area contributed by atoms with Gasteiger partial charge in [-0.3, -0.25) is 9.36 Å². The monoisotopic (exact) mass is 407 g/mol. The smallest absolute Gasteiger partial charge is 0.219 e. The number of aryl methyl sites for hydroxylation is 1. The summed E-state index contributed by atoms with van der Waals surface area (Å²) in [7, 11) is 1.92. The number of rotatable bonds is 5. The van der Waals surface area contributed by atoms with Crippen LogP contribution in [0.5, 0.6) is 11.6 Å². The number of pyridine rings is 1. The van der Waals surface area contributed by atoms with Gasteiger partial charge in [0, 0.05) is 35.8 Å². The summed E-state index contributed by atoms with van der Waals surface area (Å²) in [5, 5.41) is 10.1. The molecular weight excluding hydrogens is 386 g/mol. The number of fused-ring (bicyclic) bond motifs is 1. The first kappa shape index (κ1) is 17.9. The molecule has 0 N–H and O–H groups in total. The molecule has 3 heterocycles. The van der Waals surface area contributed by atoms with Crippen molar-refractivity contribution in [2.45, 2.75) is 18.9 Å². The van der Waals surface area contributed by atoms with Crippen LogP contribution in [-0.2, 0) is 7.05 Å². The van der Waals surface area contributed by atoms with Crippen molar-refractivity contribution in [3.63, 3.8) is 0 Å². The Hall–Kier alpha value is -3.93. The molecule has 152 valence electrons. The Bertz CT molecular complexity index is 1380. The largest absolute Gasteiger partial charge is 0.435 e. The van der Waals surface area contributed by atoms with Gasteiger partial charge in [-0.15, -0.1) is 0 Å². The molecule has 6 rings (SSSR count). The van der Waals surface area contributed by atoms with Crippen molar-refractivity contribution in [3.8, 4) is 34.0 Å². The first-order valence-electron chi connectivity index (χ1n) is 10.5. The number of hydrogen-bond acceptors (Lipinski definition) is 4. The van der Waals surface area contributed by atoms with Crippen LogP contribution >= 0.6 is 0 Å². The van der Waals surface area contributed by atoms with E-state index in [1.807, 2.05) is 60.7 Å². The van der Waals surface area contributed by atoms with Gasteiger partial charge in [-0.2, -0.15) is 10.2 Å². The van der Waals surface area contributed by atoms with Crippen LogP contribution in [0.1, 0.15) is 18.9 Å². The van der Waals surface area contributed by atoms with Crippen LogP contribution in [0.3, 0.4) is 0 Å². The van der Waals surface area contributed by atoms with Gasteiger partial charge in [0.2, 0.25) is 5.88 Å². The first-order valence-corrected chi connectivity index (χ1v) is 10.5. The molecule has 1 aliphatic rings. The molecule has 1 saturated carbocycles. The van der Waals surface area contributed by atoms with Gasteiger partial charge in [0.1, 0.15) is 5.69 Å². The maximum absolute atomic E-state index is 6.27. The van der Waals surface area contributed by atoms with Crippen LogP contribution in [0.15, 0.2) is 79.3 Å². The Morgan fingerprint density at radius 1 is 0.903 bits per heavy atom. The van der Waals surface area contributed by atoms with Gasteiger partial charge in [-0.1, -0.05) is 42.5 Å². The number of ether oxygens (including phenoxy) is 1. The molecule has 5 aromatic rings. The highest BCUT2D eigenvalue weighted by Gasteiger charge is 2.27. The molecule has 0 radical (unpaired) electrons. The van der Waals surface area contributed by atoms with E-state index in [0.29, 0.717) is 11.9 Å². The highest BCUT2D eigenvalue weighted by molar-refractivity contribution is 5.84. The fourth-order valence-electron chi connectivity index (χ4n) is 3.79. The minimum Gasteiger partial charge on any atom is -0.435 e. The Balaban J connectivity index is 1.38. The van der Waals surface area contributed by atoms with Gasteiger partial charge in [0.15, 0.2) is 5.75 Å². The van der Waals surface area contributed by atoms with E-state index in [-0.39, 0.29) is 0 Å². The highest BCUT2D eigenvalue weighted by atomic mass is 16.5. The minimum absolute atomic E-state index is 0.478. The zero-order valence-electron chi connectivity index (χ0n) is 17.1. The van der Waals surface area contributed by atoms with Crippen molar-refractivity contribution in [3.05, 3.63) is 79.3 Å². The Morgan fingerprint density at radius 3 is 2.52 bits per heavy atom. The summed E-state index contributed by atoms with van der Waals surface area (Å²) in [6, 6.07) is 20.8. The molecule has 0 aliphatic heterocycles. The average Bonchev–Trinajstić information content (AvgIpc) is 3.43. The van der Waals surface area contributed by atoms with Crippen LogP contribution in [0.2, 0.25) is 0 Å². The molecule has 0 atom stereocenters. The summed E-state index contributed by atoms with van der Waals surface area (Å²) in [5.41, 5.74) is 4.91. The van der Waals surface area contributed by atoms with Gasteiger partial charge >= 0.3 is 0 Å². The molecule has 3 aromatic heterocycles. The van der Waals surface area contributed by atoms with Crippen LogP contribution in [0, 0.1) is 0 Å². The molecule has 0 unspecified atom stereocenters. The number of hydrogen-bond donors (Lipinski definition) is 0. The summed E-state index contributed by atoms with van der Waals surface area (Å²) < 4.78 is 10.1. The quantitative estimate of drug-likeness (QED) is 0.379. The second-order valence-corrected chi connectivity index (χ2v) is 7.98. The lowest BCUT2D eigenvalue weighted by atomic mass is 10.1. The average molecular weight is 407 g/mol. The SMILES string of the molecule is Cn1cc(-c2ccc3ccc(Oc4cn(C5CC5)nc4-c4ccccc4)nc3c2)cn1. The molecular formula is C25H21N5O. The van der Waals surface area contributed by atoms with E-state index >= 15 is 0 Å². The molecule has 31 heavy (non-hydrogen) atoms. The zero-order valence-corrected chi connectivity index (χ0v) is 17.1. The summed E-state index contributed by atoms with van der Waals surface area (Å²) >= 11 is 0. The first-order chi connectivity index (χ1) is 15.2. The van der Waals surface area contributed by atoms with Crippen molar-refractivity contribution >= 4 is 10.9 Å². The minimum atomic E-state index is 0.478. The lowest BCUT2D eigenvalue weighted by Crippen LogP contribution is -1.93. The number of nitrogens with zero attached hydrogens (tertiary/aromatic N) is 5. The van der Waals surface area contributed by atoms with Gasteiger partial charge in [-0.25, -0.2) is 4.98 Å². The summed E-state index contributed by atoms with van der Waals surface area (Å²) in [6.45, 7) is 0. The van der Waals surface area contributed by atoms with Crippen molar-refractivity contribution in [1.29, 1.82) is 0 Å². The molecule has 0 amide bonds. The normalized spacial score (nSPS) is 13.6. The van der Waals surface area contributed by atoms with Crippen molar-refractivity contribution in [2.75, 3.05) is 0 Å². The zero-order chi connectivity index (χ0) is 20.8. The van der Waals surface area contributed by atoms with Gasteiger partial charge in [-0.05, 0) is 30.5 Å². The fourth-order valence-corrected chi connectivity index (χ4v) is 3.79. The maximum atomic E-state index is 6.27. The maximum Gasteiger partial charge on any atom is 0.219 e. The second-order valence-electron chi connectivity index (χ2n) is 7.98. The molecule has 0 bridgehead atoms. The molecule has 0 saturated heterocycles. The van der Waals surface area contributed by atoms with Crippen LogP contribution in [-0.4, -0.2) is 24.5 Å². The van der Waals surface area contributed by atoms with Gasteiger partial charge < -0.3 is 4.74 Å². The van der Waals surface area contributed by atoms with E-state index in [4.69, 9.17) is 14.8 Å². The fraction of sp³-hybridized carbons (Fsp3) is 0.160. The van der Waals surface area contributed by atoms with E-state index in [0.717, 1.165) is 39.0 Å². The second kappa shape index (κ2) is 7.09. The van der Waals surface area contributed by atoms with E-state index in [2.05, 4.69) is 35.4 Å². The third-order valence-corrected chi connectivity index (χ3v) is 5.59. The van der Waals surface area contributed by atoms with Gasteiger partial charge in [0.25, 0.3) is 0 Å². The Kier molecular flexibility index (Phi) is 4.09. The van der Waals surface area contributed by atoms with E-state index in [1.54, 1.807) is 4.68 Å². The summed E-state index contributed by atoms with van der Waals surface area (Å²) in [5.74, 6) is 1.29. The number of aromatic nitrogens is 5. The number of benzene rings is 2. The molecule has 2 aromatic carbocycles. The lowest BCUT2D eigenvalue weighted by molar-refractivity contribution is 0.465. The third-order valence-electron chi connectivity index (χ3n) is 5.59. The summed E-state index contributed by atoms with van der Waals surface area (Å²) in [6.07, 6.45) is 8.19. The molecule has 6 nitrogen and oxygen atoms in total. The highest BCUT2D eigenvalue weighted by Crippen LogP contribution is 2.39. The predicted molar refractivity (Wildman–Crippen MR) is 120 cm³/mol. The molecule has 1 aliphatic carbocycles. The molecule has 6 heteroatoms. The lowest BCUT2D eigenvalue weighted by Gasteiger charge is -2.07. The molecule has 1 fully saturated rings. The van der Waals surface area contributed by atoms with Crippen molar-refractivity contribution in [1.82, 2.24) is 24.5 Å². The Labute approximate surface area is 179 Å². The third kappa shape index (κ3) is 3.46. The van der Waals surface area contributed by atoms with E-state index < -0.39 is 0 Å². The summed E-state index contributed by atoms with van der Waals surface area (Å²) in [4.78, 5) is 4.78. The van der Waals surface area contributed by atoms with Gasteiger partial charge in [0.05, 0.1) is 24.0 Å². The molecule has 0 spiro atoms. The standard InChI is InChI=1S/C25H21N5O/c1-29-15-20(14-26-29)19-8-7-17-9-12-24(27-22(17)13-19)31-23-16-30(21-10-11-21)28-25(23)18-5-3-2-4-6-18/h2-9,12-16,21H,10-11H2,1H3. The predicted octanol–water partition coefficient (Wildman–Crippen LogP) is 5.63. The topological polar surface area (TPSA) is 57.8 Å². The van der Waals surface area contributed by atoms with Crippen molar-refractivity contribution in [2.24, 2.45) is 7.05 Å².